The summed E-state index contributed by atoms with van der Waals surface area (Å²) in [7, 11) is 1.83. The number of carbonyl (C=O) groups is 1. The Morgan fingerprint density at radius 1 is 1.11 bits per heavy atom. The summed E-state index contributed by atoms with van der Waals surface area (Å²) in [5.41, 5.74) is 4.22. The molecular weight excluding hydrogens is 256 g/mol. The molecule has 3 nitrogen and oxygen atoms in total. The molecule has 4 rings (SSSR count). The third-order valence-corrected chi connectivity index (χ3v) is 4.37. The minimum Gasteiger partial charge on any atom is -0.388 e. The van der Waals surface area contributed by atoms with Gasteiger partial charge in [0.1, 0.15) is 0 Å². The Kier molecular flexibility index (Phi) is 2.05. The van der Waals surface area contributed by atoms with Gasteiger partial charge in [-0.3, -0.25) is 4.79 Å². The Hall–Kier alpha value is -2.20. The Morgan fingerprint density at radius 2 is 1.89 bits per heavy atom. The van der Waals surface area contributed by atoms with E-state index in [1.807, 2.05) is 43.4 Å². The van der Waals surface area contributed by atoms with Crippen molar-refractivity contribution < 1.29 is 4.79 Å². The molecule has 0 atom stereocenters. The maximum Gasteiger partial charge on any atom is 0.196 e. The molecule has 3 aromatic rings. The predicted octanol–water partition coefficient (Wildman–Crippen LogP) is 3.55. The molecule has 0 spiro atoms. The lowest BCUT2D eigenvalue weighted by Crippen LogP contribution is -2.11. The second-order valence-electron chi connectivity index (χ2n) is 4.52. The smallest absolute Gasteiger partial charge is 0.196 e. The Bertz CT molecular complexity index is 835. The molecule has 1 aliphatic carbocycles. The van der Waals surface area contributed by atoms with E-state index in [0.29, 0.717) is 0 Å². The van der Waals surface area contributed by atoms with Crippen LogP contribution in [0.3, 0.4) is 0 Å². The summed E-state index contributed by atoms with van der Waals surface area (Å²) in [5.74, 6) is 0.0817. The fourth-order valence-corrected chi connectivity index (χ4v) is 3.52. The minimum absolute atomic E-state index is 0.0817. The number of nitrogens with zero attached hydrogens (tertiary/aromatic N) is 1. The number of hydrogen-bond donors (Lipinski definition) is 1. The highest BCUT2D eigenvalue weighted by molar-refractivity contribution is 7.13. The molecule has 1 N–H and O–H groups in total. The van der Waals surface area contributed by atoms with E-state index in [1.165, 1.54) is 11.5 Å². The van der Waals surface area contributed by atoms with Crippen molar-refractivity contribution in [1.29, 1.82) is 0 Å². The highest BCUT2D eigenvalue weighted by Gasteiger charge is 2.29. The second-order valence-corrected chi connectivity index (χ2v) is 5.32. The largest absolute Gasteiger partial charge is 0.388 e. The average Bonchev–Trinajstić information content (AvgIpc) is 2.89. The van der Waals surface area contributed by atoms with Crippen LogP contribution in [0, 0.1) is 0 Å². The molecule has 4 heteroatoms. The van der Waals surface area contributed by atoms with Gasteiger partial charge in [0.05, 0.1) is 16.0 Å². The van der Waals surface area contributed by atoms with Crippen LogP contribution in [-0.2, 0) is 0 Å². The summed E-state index contributed by atoms with van der Waals surface area (Å²) < 4.78 is 5.61. The van der Waals surface area contributed by atoms with Crippen LogP contribution in [0.25, 0.3) is 21.3 Å². The molecule has 19 heavy (non-hydrogen) atoms. The Balaban J connectivity index is 2.21. The molecule has 92 valence electrons. The van der Waals surface area contributed by atoms with E-state index in [1.54, 1.807) is 0 Å². The first kappa shape index (κ1) is 10.7. The van der Waals surface area contributed by atoms with E-state index < -0.39 is 0 Å². The molecule has 0 bridgehead atoms. The van der Waals surface area contributed by atoms with Crippen LogP contribution in [0.5, 0.6) is 0 Å². The van der Waals surface area contributed by atoms with E-state index >= 15 is 0 Å². The third-order valence-electron chi connectivity index (χ3n) is 3.56. The molecule has 2 aromatic carbocycles. The fourth-order valence-electron chi connectivity index (χ4n) is 2.70. The molecule has 0 aliphatic heterocycles. The van der Waals surface area contributed by atoms with Gasteiger partial charge in [-0.1, -0.05) is 24.3 Å². The monoisotopic (exact) mass is 266 g/mol. The van der Waals surface area contributed by atoms with Gasteiger partial charge >= 0.3 is 0 Å². The summed E-state index contributed by atoms with van der Waals surface area (Å²) in [6.45, 7) is 0. The van der Waals surface area contributed by atoms with E-state index in [9.17, 15) is 4.79 Å². The van der Waals surface area contributed by atoms with Crippen molar-refractivity contribution in [2.75, 3.05) is 12.4 Å². The predicted molar refractivity (Wildman–Crippen MR) is 78.0 cm³/mol. The van der Waals surface area contributed by atoms with Crippen LogP contribution in [0.2, 0.25) is 0 Å². The lowest BCUT2D eigenvalue weighted by Gasteiger charge is -2.17. The summed E-state index contributed by atoms with van der Waals surface area (Å²) >= 11 is 1.45. The third kappa shape index (κ3) is 1.26. The standard InChI is InChI=1S/C15H10N2OS/c1-16-10-6-2-4-8-12(10)15(18)9-5-3-7-11-13(9)14(8)17-19-11/h2-7,16H,1H3. The number of ketones is 1. The van der Waals surface area contributed by atoms with Crippen molar-refractivity contribution in [2.24, 2.45) is 0 Å². The van der Waals surface area contributed by atoms with Crippen molar-refractivity contribution >= 4 is 33.1 Å². The number of fused-ring (bicyclic) bond motifs is 2. The first-order chi connectivity index (χ1) is 9.31. The van der Waals surface area contributed by atoms with Gasteiger partial charge in [-0.05, 0) is 23.7 Å². The maximum absolute atomic E-state index is 12.7. The quantitative estimate of drug-likeness (QED) is 0.573. The SMILES string of the molecule is CNc1cccc2c1C(=O)c1cccc3snc-2c13. The van der Waals surface area contributed by atoms with Crippen LogP contribution in [0.15, 0.2) is 36.4 Å². The Morgan fingerprint density at radius 3 is 2.74 bits per heavy atom. The molecule has 0 radical (unpaired) electrons. The molecule has 0 amide bonds. The zero-order valence-corrected chi connectivity index (χ0v) is 11.0. The van der Waals surface area contributed by atoms with Crippen LogP contribution >= 0.6 is 11.5 Å². The van der Waals surface area contributed by atoms with Crippen molar-refractivity contribution in [1.82, 2.24) is 4.37 Å². The van der Waals surface area contributed by atoms with E-state index in [4.69, 9.17) is 0 Å². The van der Waals surface area contributed by atoms with Gasteiger partial charge in [-0.2, -0.15) is 4.37 Å². The number of carbonyl (C=O) groups excluding carboxylic acids is 1. The zero-order chi connectivity index (χ0) is 13.0. The summed E-state index contributed by atoms with van der Waals surface area (Å²) in [4.78, 5) is 12.7. The van der Waals surface area contributed by atoms with Crippen molar-refractivity contribution in [3.05, 3.63) is 47.5 Å². The number of hydrogen-bond acceptors (Lipinski definition) is 4. The normalized spacial score (nSPS) is 12.6. The summed E-state index contributed by atoms with van der Waals surface area (Å²) in [5, 5.41) is 4.09. The van der Waals surface area contributed by atoms with Crippen LogP contribution in [0.1, 0.15) is 15.9 Å². The van der Waals surface area contributed by atoms with Crippen molar-refractivity contribution in [3.8, 4) is 11.3 Å². The highest BCUT2D eigenvalue weighted by atomic mass is 32.1. The Labute approximate surface area is 114 Å². The van der Waals surface area contributed by atoms with Crippen LogP contribution < -0.4 is 5.32 Å². The zero-order valence-electron chi connectivity index (χ0n) is 10.2. The number of rotatable bonds is 1. The first-order valence-electron chi connectivity index (χ1n) is 6.05. The van der Waals surface area contributed by atoms with Crippen LogP contribution in [0.4, 0.5) is 5.69 Å². The number of aromatic nitrogens is 1. The molecule has 0 unspecified atom stereocenters. The molecule has 1 aliphatic rings. The highest BCUT2D eigenvalue weighted by Crippen LogP contribution is 2.42. The van der Waals surface area contributed by atoms with Gasteiger partial charge in [0.2, 0.25) is 0 Å². The second kappa shape index (κ2) is 3.65. The lowest BCUT2D eigenvalue weighted by atomic mass is 9.86. The summed E-state index contributed by atoms with van der Waals surface area (Å²) in [6.07, 6.45) is 0. The van der Waals surface area contributed by atoms with E-state index in [2.05, 4.69) is 9.69 Å². The molecule has 1 aromatic heterocycles. The first-order valence-corrected chi connectivity index (χ1v) is 6.83. The minimum atomic E-state index is 0.0817. The molecule has 0 saturated carbocycles. The van der Waals surface area contributed by atoms with Gasteiger partial charge in [-0.25, -0.2) is 0 Å². The van der Waals surface area contributed by atoms with Gasteiger partial charge in [-0.15, -0.1) is 0 Å². The molecule has 1 heterocycles. The molecular formula is C15H10N2OS. The van der Waals surface area contributed by atoms with E-state index in [0.717, 1.165) is 38.2 Å². The number of benzene rings is 2. The fraction of sp³-hybridized carbons (Fsp3) is 0.0667. The van der Waals surface area contributed by atoms with Gasteiger partial charge in [0, 0.05) is 29.2 Å². The topological polar surface area (TPSA) is 42.0 Å². The average molecular weight is 266 g/mol. The summed E-state index contributed by atoms with van der Waals surface area (Å²) in [6, 6.07) is 11.7. The lowest BCUT2D eigenvalue weighted by molar-refractivity contribution is 0.104. The van der Waals surface area contributed by atoms with Crippen LogP contribution in [-0.4, -0.2) is 17.2 Å². The van der Waals surface area contributed by atoms with Gasteiger partial charge in [0.15, 0.2) is 5.78 Å². The van der Waals surface area contributed by atoms with Gasteiger partial charge in [0.25, 0.3) is 0 Å². The van der Waals surface area contributed by atoms with Crippen molar-refractivity contribution in [3.63, 3.8) is 0 Å². The van der Waals surface area contributed by atoms with Gasteiger partial charge < -0.3 is 5.32 Å². The molecule has 0 fully saturated rings. The van der Waals surface area contributed by atoms with Crippen molar-refractivity contribution in [2.45, 2.75) is 0 Å². The number of anilines is 1. The van der Waals surface area contributed by atoms with E-state index in [-0.39, 0.29) is 5.78 Å². The molecule has 0 saturated heterocycles. The maximum atomic E-state index is 12.7. The number of nitrogens with one attached hydrogen (secondary N) is 1.